The summed E-state index contributed by atoms with van der Waals surface area (Å²) < 4.78 is 10.8. The molecule has 0 unspecified atom stereocenters. The van der Waals surface area contributed by atoms with Crippen LogP contribution >= 0.6 is 12.4 Å². The number of amides is 1. The summed E-state index contributed by atoms with van der Waals surface area (Å²) in [5.41, 5.74) is 4.72. The Kier molecular flexibility index (Phi) is 7.34. The lowest BCUT2D eigenvalue weighted by Crippen LogP contribution is -2.53. The average molecular weight is 431 g/mol. The number of alkyl carbamates (subject to hydrolysis) is 1. The largest absolute Gasteiger partial charge is 0.466 e. The zero-order valence-corrected chi connectivity index (χ0v) is 17.7. The third-order valence-corrected chi connectivity index (χ3v) is 5.72. The van der Waals surface area contributed by atoms with E-state index in [1.807, 2.05) is 24.3 Å². The molecule has 2 aliphatic rings. The van der Waals surface area contributed by atoms with Crippen LogP contribution in [0, 0.1) is 5.92 Å². The quantitative estimate of drug-likeness (QED) is 0.710. The number of carbonyl (C=O) groups excluding carboxylic acids is 2. The average Bonchev–Trinajstić information content (AvgIpc) is 3.07. The lowest BCUT2D eigenvalue weighted by atomic mass is 9.93. The molecule has 1 amide bonds. The minimum Gasteiger partial charge on any atom is -0.466 e. The summed E-state index contributed by atoms with van der Waals surface area (Å²) in [4.78, 5) is 24.7. The first kappa shape index (κ1) is 22.1. The SMILES string of the molecule is CCOC(=O)[C@@H]1CCNC[C@@H]1NC(=O)OCC1c2ccccc2-c2ccccc21.Cl. The van der Waals surface area contributed by atoms with Crippen molar-refractivity contribution in [3.8, 4) is 11.1 Å². The number of halogens is 1. The number of ether oxygens (including phenoxy) is 2. The Bertz CT molecular complexity index is 859. The molecule has 0 spiro atoms. The first-order chi connectivity index (χ1) is 14.2. The summed E-state index contributed by atoms with van der Waals surface area (Å²) >= 11 is 0. The molecule has 6 nitrogen and oxygen atoms in total. The topological polar surface area (TPSA) is 76.7 Å². The van der Waals surface area contributed by atoms with Gasteiger partial charge in [-0.2, -0.15) is 0 Å². The second-order valence-corrected chi connectivity index (χ2v) is 7.43. The molecule has 1 fully saturated rings. The van der Waals surface area contributed by atoms with Crippen molar-refractivity contribution in [2.75, 3.05) is 26.3 Å². The number of hydrogen-bond donors (Lipinski definition) is 2. The van der Waals surface area contributed by atoms with Crippen LogP contribution in [-0.4, -0.2) is 44.4 Å². The van der Waals surface area contributed by atoms with Gasteiger partial charge in [0.2, 0.25) is 0 Å². The van der Waals surface area contributed by atoms with Crippen molar-refractivity contribution in [3.05, 3.63) is 59.7 Å². The maximum atomic E-state index is 12.5. The summed E-state index contributed by atoms with van der Waals surface area (Å²) in [5, 5.41) is 6.07. The first-order valence-corrected chi connectivity index (χ1v) is 10.2. The highest BCUT2D eigenvalue weighted by atomic mass is 35.5. The molecule has 2 atom stereocenters. The van der Waals surface area contributed by atoms with Crippen LogP contribution in [0.5, 0.6) is 0 Å². The number of hydrogen-bond acceptors (Lipinski definition) is 5. The van der Waals surface area contributed by atoms with E-state index in [9.17, 15) is 9.59 Å². The molecule has 1 saturated heterocycles. The van der Waals surface area contributed by atoms with Crippen molar-refractivity contribution in [1.82, 2.24) is 10.6 Å². The number of rotatable bonds is 5. The highest BCUT2D eigenvalue weighted by molar-refractivity contribution is 5.85. The summed E-state index contributed by atoms with van der Waals surface area (Å²) in [7, 11) is 0. The Balaban J connectivity index is 0.00000256. The number of carbonyl (C=O) groups is 2. The summed E-state index contributed by atoms with van der Waals surface area (Å²) in [6, 6.07) is 16.1. The molecule has 4 rings (SSSR count). The molecule has 2 aromatic rings. The number of benzene rings is 2. The van der Waals surface area contributed by atoms with Gasteiger partial charge in [0, 0.05) is 12.5 Å². The molecule has 2 aromatic carbocycles. The Hall–Kier alpha value is -2.57. The van der Waals surface area contributed by atoms with E-state index in [4.69, 9.17) is 9.47 Å². The van der Waals surface area contributed by atoms with Gasteiger partial charge in [0.25, 0.3) is 0 Å². The van der Waals surface area contributed by atoms with Gasteiger partial charge in [0.15, 0.2) is 0 Å². The normalized spacial score (nSPS) is 19.8. The smallest absolute Gasteiger partial charge is 0.407 e. The van der Waals surface area contributed by atoms with Crippen molar-refractivity contribution in [2.24, 2.45) is 5.92 Å². The molecule has 7 heteroatoms. The van der Waals surface area contributed by atoms with E-state index in [0.29, 0.717) is 19.6 Å². The third kappa shape index (κ3) is 4.45. The summed E-state index contributed by atoms with van der Waals surface area (Å²) in [6.45, 7) is 3.62. The van der Waals surface area contributed by atoms with Crippen LogP contribution in [0.25, 0.3) is 11.1 Å². The van der Waals surface area contributed by atoms with Crippen LogP contribution in [0.15, 0.2) is 48.5 Å². The second-order valence-electron chi connectivity index (χ2n) is 7.43. The summed E-state index contributed by atoms with van der Waals surface area (Å²) in [5.74, 6) is -0.604. The highest BCUT2D eigenvalue weighted by Gasteiger charge is 2.34. The standard InChI is InChI=1S/C23H26N2O4.ClH/c1-2-28-22(26)19-11-12-24-13-21(19)25-23(27)29-14-20-17-9-5-3-7-15(17)16-8-4-6-10-18(16)20;/h3-10,19-21,24H,2,11-14H2,1H3,(H,25,27);1H/t19-,21+;/m1./s1. The van der Waals surface area contributed by atoms with Gasteiger partial charge in [-0.15, -0.1) is 12.4 Å². The fraction of sp³-hybridized carbons (Fsp3) is 0.391. The number of nitrogens with one attached hydrogen (secondary N) is 2. The zero-order valence-electron chi connectivity index (χ0n) is 16.9. The van der Waals surface area contributed by atoms with E-state index in [1.165, 1.54) is 22.3 Å². The molecule has 0 aromatic heterocycles. The third-order valence-electron chi connectivity index (χ3n) is 5.72. The fourth-order valence-electron chi connectivity index (χ4n) is 4.33. The number of esters is 1. The van der Waals surface area contributed by atoms with Crippen molar-refractivity contribution < 1.29 is 19.1 Å². The second kappa shape index (κ2) is 9.96. The maximum Gasteiger partial charge on any atom is 0.407 e. The molecule has 2 N–H and O–H groups in total. The first-order valence-electron chi connectivity index (χ1n) is 10.2. The van der Waals surface area contributed by atoms with Gasteiger partial charge < -0.3 is 20.1 Å². The van der Waals surface area contributed by atoms with E-state index in [2.05, 4.69) is 34.9 Å². The Morgan fingerprint density at radius 3 is 2.30 bits per heavy atom. The van der Waals surface area contributed by atoms with E-state index in [0.717, 1.165) is 6.54 Å². The van der Waals surface area contributed by atoms with Gasteiger partial charge in [-0.05, 0) is 42.1 Å². The monoisotopic (exact) mass is 430 g/mol. The fourth-order valence-corrected chi connectivity index (χ4v) is 4.33. The van der Waals surface area contributed by atoms with Gasteiger partial charge in [-0.3, -0.25) is 4.79 Å². The van der Waals surface area contributed by atoms with Gasteiger partial charge >= 0.3 is 12.1 Å². The van der Waals surface area contributed by atoms with Crippen molar-refractivity contribution >= 4 is 24.5 Å². The van der Waals surface area contributed by atoms with Gasteiger partial charge in [0.1, 0.15) is 6.61 Å². The van der Waals surface area contributed by atoms with Gasteiger partial charge in [-0.1, -0.05) is 48.5 Å². The van der Waals surface area contributed by atoms with Gasteiger partial charge in [0.05, 0.1) is 18.6 Å². The molecule has 1 aliphatic heterocycles. The Labute approximate surface area is 182 Å². The van der Waals surface area contributed by atoms with Crippen LogP contribution in [-0.2, 0) is 14.3 Å². The van der Waals surface area contributed by atoms with Crippen LogP contribution in [0.1, 0.15) is 30.4 Å². The molecular formula is C23H27ClN2O4. The minimum absolute atomic E-state index is 0. The van der Waals surface area contributed by atoms with Gasteiger partial charge in [-0.25, -0.2) is 4.79 Å². The van der Waals surface area contributed by atoms with E-state index >= 15 is 0 Å². The number of piperidine rings is 1. The van der Waals surface area contributed by atoms with Crippen molar-refractivity contribution in [1.29, 1.82) is 0 Å². The molecule has 160 valence electrons. The number of fused-ring (bicyclic) bond motifs is 3. The summed E-state index contributed by atoms with van der Waals surface area (Å²) in [6.07, 6.45) is 0.127. The Morgan fingerprint density at radius 2 is 1.67 bits per heavy atom. The van der Waals surface area contributed by atoms with Crippen LogP contribution < -0.4 is 10.6 Å². The molecule has 0 bridgehead atoms. The molecular weight excluding hydrogens is 404 g/mol. The molecule has 30 heavy (non-hydrogen) atoms. The van der Waals surface area contributed by atoms with Crippen molar-refractivity contribution in [2.45, 2.75) is 25.3 Å². The van der Waals surface area contributed by atoms with Crippen molar-refractivity contribution in [3.63, 3.8) is 0 Å². The van der Waals surface area contributed by atoms with Crippen LogP contribution in [0.4, 0.5) is 4.79 Å². The molecule has 0 radical (unpaired) electrons. The predicted molar refractivity (Wildman–Crippen MR) is 117 cm³/mol. The Morgan fingerprint density at radius 1 is 1.03 bits per heavy atom. The van der Waals surface area contributed by atoms with Crippen LogP contribution in [0.3, 0.4) is 0 Å². The predicted octanol–water partition coefficient (Wildman–Crippen LogP) is 3.49. The van der Waals surface area contributed by atoms with E-state index in [1.54, 1.807) is 6.92 Å². The molecule has 1 aliphatic carbocycles. The van der Waals surface area contributed by atoms with E-state index in [-0.39, 0.29) is 42.9 Å². The zero-order chi connectivity index (χ0) is 20.2. The molecule has 0 saturated carbocycles. The van der Waals surface area contributed by atoms with E-state index < -0.39 is 6.09 Å². The molecule has 1 heterocycles. The maximum absolute atomic E-state index is 12.5. The highest BCUT2D eigenvalue weighted by Crippen LogP contribution is 2.44. The lowest BCUT2D eigenvalue weighted by molar-refractivity contribution is -0.149. The van der Waals surface area contributed by atoms with Crippen LogP contribution in [0.2, 0.25) is 0 Å². The lowest BCUT2D eigenvalue weighted by Gasteiger charge is -2.30. The minimum atomic E-state index is -0.505.